The molecule has 1 N–H and O–H groups in total. The minimum atomic E-state index is -1.15. The number of carbonyl (C=O) groups is 2. The summed E-state index contributed by atoms with van der Waals surface area (Å²) in [6, 6.07) is 3.00. The van der Waals surface area contributed by atoms with E-state index in [2.05, 4.69) is 15.2 Å². The van der Waals surface area contributed by atoms with Gasteiger partial charge in [-0.2, -0.15) is 0 Å². The summed E-state index contributed by atoms with van der Waals surface area (Å²) in [7, 11) is 0. The number of thiazole rings is 1. The van der Waals surface area contributed by atoms with E-state index < -0.39 is 29.9 Å². The predicted molar refractivity (Wildman–Crippen MR) is 137 cm³/mol. The molecule has 1 aromatic heterocycles. The topological polar surface area (TPSA) is 102 Å². The molecule has 198 valence electrons. The molecule has 9 nitrogen and oxygen atoms in total. The molecule has 0 bridgehead atoms. The van der Waals surface area contributed by atoms with E-state index in [-0.39, 0.29) is 16.7 Å². The zero-order valence-corrected chi connectivity index (χ0v) is 22.3. The number of benzene rings is 1. The fraction of sp³-hybridized carbons (Fsp3) is 0.440. The van der Waals surface area contributed by atoms with Crippen molar-refractivity contribution < 1.29 is 28.2 Å². The van der Waals surface area contributed by atoms with Gasteiger partial charge >= 0.3 is 11.9 Å². The largest absolute Gasteiger partial charge is 0.460 e. The first kappa shape index (κ1) is 27.2. The second-order valence-corrected chi connectivity index (χ2v) is 10.1. The highest BCUT2D eigenvalue weighted by atomic mass is 35.5. The quantitative estimate of drug-likeness (QED) is 0.498. The van der Waals surface area contributed by atoms with Gasteiger partial charge in [0.15, 0.2) is 16.9 Å². The van der Waals surface area contributed by atoms with Crippen LogP contribution in [0.5, 0.6) is 0 Å². The van der Waals surface area contributed by atoms with Gasteiger partial charge in [-0.15, -0.1) is 11.3 Å². The van der Waals surface area contributed by atoms with E-state index in [1.165, 1.54) is 36.5 Å². The van der Waals surface area contributed by atoms with Crippen LogP contribution in [-0.4, -0.2) is 72.7 Å². The first-order chi connectivity index (χ1) is 17.7. The van der Waals surface area contributed by atoms with Gasteiger partial charge in [-0.25, -0.2) is 19.0 Å². The highest BCUT2D eigenvalue weighted by Gasteiger charge is 2.36. The Bertz CT molecular complexity index is 1200. The van der Waals surface area contributed by atoms with Crippen molar-refractivity contribution in [1.29, 1.82) is 0 Å². The third-order valence-corrected chi connectivity index (χ3v) is 6.80. The molecule has 2 aliphatic rings. The second kappa shape index (κ2) is 12.1. The lowest BCUT2D eigenvalue weighted by Gasteiger charge is -2.32. The van der Waals surface area contributed by atoms with E-state index in [1.807, 2.05) is 5.38 Å². The molecule has 1 aromatic carbocycles. The van der Waals surface area contributed by atoms with Crippen LogP contribution < -0.4 is 5.32 Å². The Labute approximate surface area is 223 Å². The average Bonchev–Trinajstić information content (AvgIpc) is 3.39. The third-order valence-electron chi connectivity index (χ3n) is 5.69. The molecule has 2 atom stereocenters. The van der Waals surface area contributed by atoms with Gasteiger partial charge in [0.2, 0.25) is 0 Å². The molecule has 1 unspecified atom stereocenters. The standard InChI is InChI=1S/C25H28ClFN4O5S/c1-14(2)35-24(32)15(3)36-25(33)20-19(13-31-7-9-34-10-8-31)29-22(23-28-6-11-37-23)30-21(20)17-5-4-16(27)12-18(17)26/h4-6,11-12,14-15,21H,7-10,13H2,1-3H3,(H,29,30)/t15-,21?/m0/s1. The van der Waals surface area contributed by atoms with Crippen molar-refractivity contribution >= 4 is 40.7 Å². The predicted octanol–water partition coefficient (Wildman–Crippen LogP) is 3.50. The molecule has 0 radical (unpaired) electrons. The molecule has 37 heavy (non-hydrogen) atoms. The summed E-state index contributed by atoms with van der Waals surface area (Å²) in [5, 5.41) is 5.80. The number of rotatable bonds is 8. The molecule has 0 saturated carbocycles. The molecule has 1 saturated heterocycles. The van der Waals surface area contributed by atoms with E-state index in [4.69, 9.17) is 30.8 Å². The van der Waals surface area contributed by atoms with Crippen molar-refractivity contribution in [2.45, 2.75) is 39.0 Å². The SMILES string of the molecule is CC(C)OC(=O)[C@H](C)OC(=O)C1=C(CN2CCOCC2)NC(c2nccs2)=NC1c1ccc(F)cc1Cl. The fourth-order valence-electron chi connectivity index (χ4n) is 3.94. The summed E-state index contributed by atoms with van der Waals surface area (Å²) in [6.07, 6.45) is 0.138. The summed E-state index contributed by atoms with van der Waals surface area (Å²) < 4.78 is 30.1. The summed E-state index contributed by atoms with van der Waals surface area (Å²) in [5.74, 6) is -1.48. The monoisotopic (exact) mass is 550 g/mol. The van der Waals surface area contributed by atoms with Crippen molar-refractivity contribution in [2.75, 3.05) is 32.8 Å². The number of esters is 2. The van der Waals surface area contributed by atoms with E-state index >= 15 is 0 Å². The Morgan fingerprint density at radius 1 is 1.27 bits per heavy atom. The van der Waals surface area contributed by atoms with Crippen molar-refractivity contribution in [3.63, 3.8) is 0 Å². The minimum absolute atomic E-state index is 0.109. The van der Waals surface area contributed by atoms with Crippen molar-refractivity contribution in [2.24, 2.45) is 4.99 Å². The van der Waals surface area contributed by atoms with Crippen LogP contribution >= 0.6 is 22.9 Å². The van der Waals surface area contributed by atoms with Gasteiger partial charge in [0, 0.05) is 47.5 Å². The third kappa shape index (κ3) is 6.72. The maximum Gasteiger partial charge on any atom is 0.347 e. The van der Waals surface area contributed by atoms with Crippen LogP contribution in [-0.2, 0) is 23.8 Å². The number of hydrogen-bond donors (Lipinski definition) is 1. The lowest BCUT2D eigenvalue weighted by molar-refractivity contribution is -0.167. The Balaban J connectivity index is 1.77. The Hall–Kier alpha value is -2.86. The zero-order chi connectivity index (χ0) is 26.5. The summed E-state index contributed by atoms with van der Waals surface area (Å²) in [6.45, 7) is 7.68. The van der Waals surface area contributed by atoms with Crippen LogP contribution in [0, 0.1) is 5.82 Å². The lowest BCUT2D eigenvalue weighted by atomic mass is 9.95. The summed E-state index contributed by atoms with van der Waals surface area (Å²) in [4.78, 5) is 37.2. The molecule has 3 heterocycles. The Morgan fingerprint density at radius 3 is 2.68 bits per heavy atom. The molecular weight excluding hydrogens is 523 g/mol. The molecule has 2 aromatic rings. The molecule has 2 aliphatic heterocycles. The van der Waals surface area contributed by atoms with Crippen LogP contribution in [0.25, 0.3) is 0 Å². The number of carbonyl (C=O) groups excluding carboxylic acids is 2. The number of morpholine rings is 1. The summed E-state index contributed by atoms with van der Waals surface area (Å²) >= 11 is 7.82. The number of halogens is 2. The second-order valence-electron chi connectivity index (χ2n) is 8.82. The van der Waals surface area contributed by atoms with E-state index in [9.17, 15) is 14.0 Å². The van der Waals surface area contributed by atoms with E-state index in [1.54, 1.807) is 20.0 Å². The molecule has 4 rings (SSSR count). The zero-order valence-electron chi connectivity index (χ0n) is 20.7. The smallest absolute Gasteiger partial charge is 0.347 e. The van der Waals surface area contributed by atoms with Gasteiger partial charge < -0.3 is 19.5 Å². The normalized spacial score (nSPS) is 19.3. The van der Waals surface area contributed by atoms with E-state index in [0.29, 0.717) is 55.0 Å². The van der Waals surface area contributed by atoms with Gasteiger partial charge in [0.05, 0.1) is 24.9 Å². The molecule has 1 fully saturated rings. The van der Waals surface area contributed by atoms with Crippen LogP contribution in [0.4, 0.5) is 4.39 Å². The van der Waals surface area contributed by atoms with Crippen LogP contribution in [0.2, 0.25) is 5.02 Å². The Morgan fingerprint density at radius 2 is 2.03 bits per heavy atom. The number of nitrogens with one attached hydrogen (secondary N) is 1. The number of amidine groups is 1. The van der Waals surface area contributed by atoms with E-state index in [0.717, 1.165) is 0 Å². The number of nitrogens with zero attached hydrogens (tertiary/aromatic N) is 3. The first-order valence-electron chi connectivity index (χ1n) is 11.9. The van der Waals surface area contributed by atoms with Crippen LogP contribution in [0.15, 0.2) is 46.0 Å². The van der Waals surface area contributed by atoms with Crippen molar-refractivity contribution in [1.82, 2.24) is 15.2 Å². The summed E-state index contributed by atoms with van der Waals surface area (Å²) in [5.41, 5.74) is 1.12. The van der Waals surface area contributed by atoms with Crippen molar-refractivity contribution in [3.8, 4) is 0 Å². The van der Waals surface area contributed by atoms with Gasteiger partial charge in [-0.05, 0) is 32.9 Å². The average molecular weight is 551 g/mol. The fourth-order valence-corrected chi connectivity index (χ4v) is 4.80. The molecule has 0 aliphatic carbocycles. The van der Waals surface area contributed by atoms with Crippen molar-refractivity contribution in [3.05, 3.63) is 62.5 Å². The molecule has 0 spiro atoms. The minimum Gasteiger partial charge on any atom is -0.460 e. The van der Waals surface area contributed by atoms with Gasteiger partial charge in [-0.1, -0.05) is 17.7 Å². The maximum atomic E-state index is 13.9. The Kier molecular flexibility index (Phi) is 8.91. The number of ether oxygens (including phenoxy) is 3. The first-order valence-corrected chi connectivity index (χ1v) is 13.1. The van der Waals surface area contributed by atoms with Gasteiger partial charge in [-0.3, -0.25) is 9.89 Å². The highest BCUT2D eigenvalue weighted by Crippen LogP contribution is 2.37. The molecule has 0 amide bonds. The number of aromatic nitrogens is 1. The van der Waals surface area contributed by atoms with Gasteiger partial charge in [0.1, 0.15) is 11.9 Å². The van der Waals surface area contributed by atoms with Crippen LogP contribution in [0.1, 0.15) is 37.4 Å². The highest BCUT2D eigenvalue weighted by molar-refractivity contribution is 7.11. The maximum absolute atomic E-state index is 13.9. The van der Waals surface area contributed by atoms with Gasteiger partial charge in [0.25, 0.3) is 0 Å². The van der Waals surface area contributed by atoms with Crippen LogP contribution in [0.3, 0.4) is 0 Å². The number of hydrogen-bond acceptors (Lipinski definition) is 10. The molecular formula is C25H28ClFN4O5S. The number of aliphatic imine (C=N–C) groups is 1. The molecule has 12 heteroatoms. The lowest BCUT2D eigenvalue weighted by Crippen LogP contribution is -2.43.